The highest BCUT2D eigenvalue weighted by molar-refractivity contribution is 7.89. The summed E-state index contributed by atoms with van der Waals surface area (Å²) in [5.41, 5.74) is 1.86. The van der Waals surface area contributed by atoms with Gasteiger partial charge in [0, 0.05) is 51.3 Å². The summed E-state index contributed by atoms with van der Waals surface area (Å²) in [6, 6.07) is 11.6. The molecule has 4 rings (SSSR count). The standard InChI is InChI=1S/C19H21N3O5S/c23-22(24)17-3-1-2-15(12-17)14-20-7-9-21(10-8-20)28(25,26)18-4-5-19-16(13-18)6-11-27-19/h1-5,12-13H,6-11,14H2. The number of benzene rings is 2. The van der Waals surface area contributed by atoms with E-state index in [1.807, 2.05) is 6.07 Å². The fraction of sp³-hybridized carbons (Fsp3) is 0.368. The monoisotopic (exact) mass is 403 g/mol. The van der Waals surface area contributed by atoms with E-state index >= 15 is 0 Å². The van der Waals surface area contributed by atoms with Crippen LogP contribution in [0.2, 0.25) is 0 Å². The molecular formula is C19H21N3O5S. The molecule has 2 aliphatic heterocycles. The normalized spacial score (nSPS) is 17.9. The van der Waals surface area contributed by atoms with Crippen LogP contribution >= 0.6 is 0 Å². The molecule has 1 fully saturated rings. The van der Waals surface area contributed by atoms with Crippen LogP contribution in [0.25, 0.3) is 0 Å². The fourth-order valence-electron chi connectivity index (χ4n) is 3.63. The second-order valence-electron chi connectivity index (χ2n) is 6.98. The van der Waals surface area contributed by atoms with Crippen molar-refractivity contribution in [1.82, 2.24) is 9.21 Å². The lowest BCUT2D eigenvalue weighted by atomic mass is 10.2. The fourth-order valence-corrected chi connectivity index (χ4v) is 5.10. The van der Waals surface area contributed by atoms with Crippen molar-refractivity contribution in [3.05, 3.63) is 63.7 Å². The van der Waals surface area contributed by atoms with E-state index in [9.17, 15) is 18.5 Å². The van der Waals surface area contributed by atoms with Gasteiger partial charge < -0.3 is 4.74 Å². The Balaban J connectivity index is 1.41. The Kier molecular flexibility index (Phi) is 5.05. The molecular weight excluding hydrogens is 382 g/mol. The lowest BCUT2D eigenvalue weighted by molar-refractivity contribution is -0.384. The first-order valence-corrected chi connectivity index (χ1v) is 10.6. The molecule has 148 valence electrons. The summed E-state index contributed by atoms with van der Waals surface area (Å²) in [6.07, 6.45) is 0.732. The van der Waals surface area contributed by atoms with Gasteiger partial charge in [-0.05, 0) is 29.3 Å². The van der Waals surface area contributed by atoms with Crippen molar-refractivity contribution >= 4 is 15.7 Å². The van der Waals surface area contributed by atoms with E-state index in [0.717, 1.165) is 23.3 Å². The Morgan fingerprint density at radius 1 is 1.07 bits per heavy atom. The molecule has 0 atom stereocenters. The number of fused-ring (bicyclic) bond motifs is 1. The predicted molar refractivity (Wildman–Crippen MR) is 103 cm³/mol. The molecule has 0 N–H and O–H groups in total. The van der Waals surface area contributed by atoms with Crippen molar-refractivity contribution in [1.29, 1.82) is 0 Å². The third kappa shape index (κ3) is 3.73. The SMILES string of the molecule is O=[N+]([O-])c1cccc(CN2CCN(S(=O)(=O)c3ccc4c(c3)CCO4)CC2)c1. The van der Waals surface area contributed by atoms with Gasteiger partial charge in [0.25, 0.3) is 5.69 Å². The molecule has 0 radical (unpaired) electrons. The molecule has 0 saturated carbocycles. The molecule has 9 heteroatoms. The number of piperazine rings is 1. The molecule has 2 aliphatic rings. The first-order valence-electron chi connectivity index (χ1n) is 9.15. The Hall–Kier alpha value is -2.49. The van der Waals surface area contributed by atoms with E-state index in [4.69, 9.17) is 4.74 Å². The van der Waals surface area contributed by atoms with Gasteiger partial charge in [0.05, 0.1) is 16.4 Å². The van der Waals surface area contributed by atoms with Crippen molar-refractivity contribution in [3.8, 4) is 5.75 Å². The van der Waals surface area contributed by atoms with E-state index in [1.165, 1.54) is 10.4 Å². The Labute approximate surface area is 163 Å². The number of hydrogen-bond donors (Lipinski definition) is 0. The van der Waals surface area contributed by atoms with Crippen molar-refractivity contribution < 1.29 is 18.1 Å². The quantitative estimate of drug-likeness (QED) is 0.560. The third-order valence-electron chi connectivity index (χ3n) is 5.16. The molecule has 0 bridgehead atoms. The van der Waals surface area contributed by atoms with E-state index in [0.29, 0.717) is 44.2 Å². The van der Waals surface area contributed by atoms with Crippen LogP contribution in [0.4, 0.5) is 5.69 Å². The highest BCUT2D eigenvalue weighted by Gasteiger charge is 2.29. The average Bonchev–Trinajstić information content (AvgIpc) is 3.16. The minimum atomic E-state index is -3.54. The summed E-state index contributed by atoms with van der Waals surface area (Å²) in [5, 5.41) is 10.9. The molecule has 2 heterocycles. The molecule has 0 unspecified atom stereocenters. The van der Waals surface area contributed by atoms with Crippen LogP contribution < -0.4 is 4.74 Å². The van der Waals surface area contributed by atoms with E-state index in [2.05, 4.69) is 4.90 Å². The van der Waals surface area contributed by atoms with Gasteiger partial charge in [-0.2, -0.15) is 4.31 Å². The molecule has 8 nitrogen and oxygen atoms in total. The van der Waals surface area contributed by atoms with E-state index in [-0.39, 0.29) is 5.69 Å². The third-order valence-corrected chi connectivity index (χ3v) is 7.05. The molecule has 0 amide bonds. The summed E-state index contributed by atoms with van der Waals surface area (Å²) >= 11 is 0. The van der Waals surface area contributed by atoms with Gasteiger partial charge in [-0.25, -0.2) is 8.42 Å². The maximum Gasteiger partial charge on any atom is 0.269 e. The van der Waals surface area contributed by atoms with Crippen molar-refractivity contribution in [2.24, 2.45) is 0 Å². The highest BCUT2D eigenvalue weighted by Crippen LogP contribution is 2.29. The lowest BCUT2D eigenvalue weighted by Gasteiger charge is -2.34. The van der Waals surface area contributed by atoms with Crippen molar-refractivity contribution in [3.63, 3.8) is 0 Å². The largest absolute Gasteiger partial charge is 0.493 e. The first-order chi connectivity index (χ1) is 13.4. The van der Waals surface area contributed by atoms with Gasteiger partial charge in [0.2, 0.25) is 10.0 Å². The molecule has 2 aromatic carbocycles. The highest BCUT2D eigenvalue weighted by atomic mass is 32.2. The van der Waals surface area contributed by atoms with Gasteiger partial charge in [-0.15, -0.1) is 0 Å². The van der Waals surface area contributed by atoms with Gasteiger partial charge in [-0.1, -0.05) is 12.1 Å². The van der Waals surface area contributed by atoms with Crippen LogP contribution in [-0.2, 0) is 23.0 Å². The summed E-state index contributed by atoms with van der Waals surface area (Å²) in [7, 11) is -3.54. The average molecular weight is 403 g/mol. The maximum atomic E-state index is 13.0. The van der Waals surface area contributed by atoms with Gasteiger partial charge >= 0.3 is 0 Å². The molecule has 2 aromatic rings. The number of nitrogens with zero attached hydrogens (tertiary/aromatic N) is 3. The van der Waals surface area contributed by atoms with Gasteiger partial charge in [-0.3, -0.25) is 15.0 Å². The summed E-state index contributed by atoms with van der Waals surface area (Å²) in [5.74, 6) is 0.765. The zero-order valence-corrected chi connectivity index (χ0v) is 16.1. The summed E-state index contributed by atoms with van der Waals surface area (Å²) in [6.45, 7) is 3.10. The van der Waals surface area contributed by atoms with E-state index < -0.39 is 14.9 Å². The molecule has 0 spiro atoms. The zero-order chi connectivity index (χ0) is 19.7. The van der Waals surface area contributed by atoms with E-state index in [1.54, 1.807) is 30.3 Å². The minimum absolute atomic E-state index is 0.0688. The second-order valence-corrected chi connectivity index (χ2v) is 8.91. The van der Waals surface area contributed by atoms with Crippen molar-refractivity contribution in [2.45, 2.75) is 17.9 Å². The zero-order valence-electron chi connectivity index (χ0n) is 15.3. The number of non-ortho nitro benzene ring substituents is 1. The number of rotatable bonds is 5. The molecule has 1 saturated heterocycles. The number of nitro groups is 1. The number of nitro benzene ring substituents is 1. The summed E-state index contributed by atoms with van der Waals surface area (Å²) in [4.78, 5) is 12.9. The molecule has 0 aromatic heterocycles. The topological polar surface area (TPSA) is 93.0 Å². The smallest absolute Gasteiger partial charge is 0.269 e. The van der Waals surface area contributed by atoms with Gasteiger partial charge in [0.1, 0.15) is 5.75 Å². The van der Waals surface area contributed by atoms with Crippen LogP contribution in [0.3, 0.4) is 0 Å². The van der Waals surface area contributed by atoms with Crippen LogP contribution in [-0.4, -0.2) is 55.3 Å². The first kappa shape index (κ1) is 18.9. The van der Waals surface area contributed by atoms with Crippen LogP contribution in [0.5, 0.6) is 5.75 Å². The number of hydrogen-bond acceptors (Lipinski definition) is 6. The van der Waals surface area contributed by atoms with Crippen LogP contribution in [0, 0.1) is 10.1 Å². The van der Waals surface area contributed by atoms with Gasteiger partial charge in [0.15, 0.2) is 0 Å². The number of ether oxygens (including phenoxy) is 1. The minimum Gasteiger partial charge on any atom is -0.493 e. The Morgan fingerprint density at radius 3 is 2.61 bits per heavy atom. The maximum absolute atomic E-state index is 13.0. The molecule has 28 heavy (non-hydrogen) atoms. The molecule has 0 aliphatic carbocycles. The van der Waals surface area contributed by atoms with Crippen LogP contribution in [0.15, 0.2) is 47.4 Å². The Morgan fingerprint density at radius 2 is 1.86 bits per heavy atom. The van der Waals surface area contributed by atoms with Crippen molar-refractivity contribution in [2.75, 3.05) is 32.8 Å². The Bertz CT molecular complexity index is 1000. The summed E-state index contributed by atoms with van der Waals surface area (Å²) < 4.78 is 32.9. The van der Waals surface area contributed by atoms with Crippen LogP contribution in [0.1, 0.15) is 11.1 Å². The lowest BCUT2D eigenvalue weighted by Crippen LogP contribution is -2.48. The number of sulfonamides is 1. The second kappa shape index (κ2) is 7.50. The predicted octanol–water partition coefficient (Wildman–Crippen LogP) is 2.04.